The number of aromatic nitrogens is 1. The van der Waals surface area contributed by atoms with Crippen molar-refractivity contribution in [1.29, 1.82) is 0 Å². The van der Waals surface area contributed by atoms with Crippen LogP contribution in [0, 0.1) is 0 Å². The molecule has 0 bridgehead atoms. The number of aromatic carboxylic acids is 1. The smallest absolute Gasteiger partial charge is 0.352 e. The number of nitrogens with one attached hydrogen (secondary N) is 1. The van der Waals surface area contributed by atoms with Gasteiger partial charge in [-0.15, -0.1) is 0 Å². The monoisotopic (exact) mass is 286 g/mol. The number of nitrogens with zero attached hydrogens (tertiary/aromatic N) is 1. The van der Waals surface area contributed by atoms with Crippen LogP contribution in [0.2, 0.25) is 0 Å². The SMILES string of the molecule is CC(C)c1cccc(NC(=O)Cn2cccc2C(=O)O)c1. The fraction of sp³-hybridized carbons (Fsp3) is 0.250. The van der Waals surface area contributed by atoms with E-state index in [2.05, 4.69) is 19.2 Å². The van der Waals surface area contributed by atoms with Crippen LogP contribution >= 0.6 is 0 Å². The van der Waals surface area contributed by atoms with Gasteiger partial charge in [-0.1, -0.05) is 26.0 Å². The van der Waals surface area contributed by atoms with E-state index in [-0.39, 0.29) is 18.1 Å². The highest BCUT2D eigenvalue weighted by atomic mass is 16.4. The van der Waals surface area contributed by atoms with Crippen LogP contribution in [0.4, 0.5) is 5.69 Å². The zero-order valence-corrected chi connectivity index (χ0v) is 12.0. The van der Waals surface area contributed by atoms with E-state index in [1.54, 1.807) is 12.3 Å². The first-order valence-electron chi connectivity index (χ1n) is 6.75. The highest BCUT2D eigenvalue weighted by Crippen LogP contribution is 2.18. The van der Waals surface area contributed by atoms with Crippen LogP contribution in [0.25, 0.3) is 0 Å². The molecule has 0 saturated heterocycles. The molecule has 5 nitrogen and oxygen atoms in total. The molecule has 1 heterocycles. The Labute approximate surface area is 123 Å². The van der Waals surface area contributed by atoms with Crippen LogP contribution in [0.5, 0.6) is 0 Å². The lowest BCUT2D eigenvalue weighted by Gasteiger charge is -2.10. The lowest BCUT2D eigenvalue weighted by atomic mass is 10.0. The molecule has 1 amide bonds. The molecule has 2 rings (SSSR count). The van der Waals surface area contributed by atoms with Crippen molar-refractivity contribution in [2.24, 2.45) is 0 Å². The Hall–Kier alpha value is -2.56. The van der Waals surface area contributed by atoms with E-state index in [0.717, 1.165) is 11.3 Å². The first-order valence-corrected chi connectivity index (χ1v) is 6.75. The Balaban J connectivity index is 2.06. The van der Waals surface area contributed by atoms with Crippen molar-refractivity contribution in [1.82, 2.24) is 4.57 Å². The van der Waals surface area contributed by atoms with Crippen molar-refractivity contribution in [3.8, 4) is 0 Å². The molecule has 0 atom stereocenters. The molecule has 0 aliphatic carbocycles. The topological polar surface area (TPSA) is 71.3 Å². The van der Waals surface area contributed by atoms with E-state index in [9.17, 15) is 9.59 Å². The third-order valence-corrected chi connectivity index (χ3v) is 3.20. The maximum Gasteiger partial charge on any atom is 0.352 e. The Morgan fingerprint density at radius 1 is 1.24 bits per heavy atom. The molecular formula is C16H18N2O3. The number of hydrogen-bond donors (Lipinski definition) is 2. The van der Waals surface area contributed by atoms with Gasteiger partial charge in [0, 0.05) is 11.9 Å². The van der Waals surface area contributed by atoms with Crippen molar-refractivity contribution in [2.45, 2.75) is 26.3 Å². The number of carbonyl (C=O) groups excluding carboxylic acids is 1. The number of hydrogen-bond acceptors (Lipinski definition) is 2. The van der Waals surface area contributed by atoms with E-state index in [4.69, 9.17) is 5.11 Å². The molecule has 110 valence electrons. The van der Waals surface area contributed by atoms with Gasteiger partial charge >= 0.3 is 5.97 Å². The van der Waals surface area contributed by atoms with Gasteiger partial charge in [0.1, 0.15) is 12.2 Å². The Morgan fingerprint density at radius 3 is 2.67 bits per heavy atom. The summed E-state index contributed by atoms with van der Waals surface area (Å²) in [7, 11) is 0. The standard InChI is InChI=1S/C16H18N2O3/c1-11(2)12-5-3-6-13(9-12)17-15(19)10-18-8-4-7-14(18)16(20)21/h3-9,11H,10H2,1-2H3,(H,17,19)(H,20,21). The second kappa shape index (κ2) is 6.26. The molecule has 5 heteroatoms. The predicted octanol–water partition coefficient (Wildman–Crippen LogP) is 2.95. The minimum Gasteiger partial charge on any atom is -0.477 e. The van der Waals surface area contributed by atoms with Crippen molar-refractivity contribution < 1.29 is 14.7 Å². The molecule has 0 radical (unpaired) electrons. The summed E-state index contributed by atoms with van der Waals surface area (Å²) in [6, 6.07) is 10.7. The lowest BCUT2D eigenvalue weighted by Crippen LogP contribution is -2.20. The summed E-state index contributed by atoms with van der Waals surface area (Å²) < 4.78 is 1.41. The third kappa shape index (κ3) is 3.72. The van der Waals surface area contributed by atoms with Gasteiger partial charge in [0.2, 0.25) is 5.91 Å². The maximum atomic E-state index is 12.0. The van der Waals surface area contributed by atoms with E-state index in [1.165, 1.54) is 10.6 Å². The van der Waals surface area contributed by atoms with Crippen LogP contribution in [0.3, 0.4) is 0 Å². The zero-order chi connectivity index (χ0) is 15.4. The van der Waals surface area contributed by atoms with Crippen molar-refractivity contribution >= 4 is 17.6 Å². The molecule has 2 aromatic rings. The van der Waals surface area contributed by atoms with Crippen molar-refractivity contribution in [3.05, 3.63) is 53.9 Å². The van der Waals surface area contributed by atoms with Gasteiger partial charge in [-0.2, -0.15) is 0 Å². The Bertz CT molecular complexity index is 659. The quantitative estimate of drug-likeness (QED) is 0.887. The summed E-state index contributed by atoms with van der Waals surface area (Å²) in [6.45, 7) is 4.14. The van der Waals surface area contributed by atoms with E-state index in [1.807, 2.05) is 24.3 Å². The Kier molecular flexibility index (Phi) is 4.42. The maximum absolute atomic E-state index is 12.0. The molecule has 21 heavy (non-hydrogen) atoms. The summed E-state index contributed by atoms with van der Waals surface area (Å²) in [4.78, 5) is 23.0. The molecule has 0 aliphatic heterocycles. The van der Waals surface area contributed by atoms with E-state index >= 15 is 0 Å². The van der Waals surface area contributed by atoms with Gasteiger partial charge in [-0.25, -0.2) is 4.79 Å². The van der Waals surface area contributed by atoms with Crippen molar-refractivity contribution in [2.75, 3.05) is 5.32 Å². The molecule has 1 aromatic heterocycles. The van der Waals surface area contributed by atoms with Gasteiger partial charge in [-0.3, -0.25) is 4.79 Å². The minimum atomic E-state index is -1.05. The summed E-state index contributed by atoms with van der Waals surface area (Å²) in [5, 5.41) is 11.8. The van der Waals surface area contributed by atoms with Gasteiger partial charge in [0.15, 0.2) is 0 Å². The molecule has 0 aliphatic rings. The molecule has 2 N–H and O–H groups in total. The number of benzene rings is 1. The van der Waals surface area contributed by atoms with Crippen LogP contribution in [-0.4, -0.2) is 21.6 Å². The van der Waals surface area contributed by atoms with E-state index < -0.39 is 5.97 Å². The fourth-order valence-electron chi connectivity index (χ4n) is 2.08. The second-order valence-electron chi connectivity index (χ2n) is 5.15. The van der Waals surface area contributed by atoms with Gasteiger partial charge in [0.25, 0.3) is 0 Å². The first kappa shape index (κ1) is 14.8. The second-order valence-corrected chi connectivity index (χ2v) is 5.15. The summed E-state index contributed by atoms with van der Waals surface area (Å²) in [5.74, 6) is -0.922. The fourth-order valence-corrected chi connectivity index (χ4v) is 2.08. The van der Waals surface area contributed by atoms with Gasteiger partial charge in [-0.05, 0) is 35.7 Å². The highest BCUT2D eigenvalue weighted by Gasteiger charge is 2.12. The predicted molar refractivity (Wildman–Crippen MR) is 80.6 cm³/mol. The number of rotatable bonds is 5. The summed E-state index contributed by atoms with van der Waals surface area (Å²) in [5.41, 5.74) is 1.95. The average molecular weight is 286 g/mol. The number of anilines is 1. The number of carboxylic acid groups (broad SMARTS) is 1. The minimum absolute atomic E-state index is 0.0272. The number of carbonyl (C=O) groups is 2. The van der Waals surface area contributed by atoms with Crippen LogP contribution in [0.15, 0.2) is 42.6 Å². The zero-order valence-electron chi connectivity index (χ0n) is 12.0. The summed E-state index contributed by atoms with van der Waals surface area (Å²) >= 11 is 0. The number of carboxylic acids is 1. The molecular weight excluding hydrogens is 268 g/mol. The molecule has 0 fully saturated rings. The lowest BCUT2D eigenvalue weighted by molar-refractivity contribution is -0.116. The van der Waals surface area contributed by atoms with Crippen LogP contribution < -0.4 is 5.32 Å². The third-order valence-electron chi connectivity index (χ3n) is 3.20. The Morgan fingerprint density at radius 2 is 2.00 bits per heavy atom. The highest BCUT2D eigenvalue weighted by molar-refractivity contribution is 5.92. The van der Waals surface area contributed by atoms with Gasteiger partial charge in [0.05, 0.1) is 0 Å². The van der Waals surface area contributed by atoms with Gasteiger partial charge < -0.3 is 15.0 Å². The van der Waals surface area contributed by atoms with Crippen LogP contribution in [-0.2, 0) is 11.3 Å². The average Bonchev–Trinajstić information content (AvgIpc) is 2.87. The molecule has 0 unspecified atom stereocenters. The number of amides is 1. The van der Waals surface area contributed by atoms with Crippen molar-refractivity contribution in [3.63, 3.8) is 0 Å². The molecule has 0 saturated carbocycles. The summed E-state index contributed by atoms with van der Waals surface area (Å²) in [6.07, 6.45) is 1.58. The first-order chi connectivity index (χ1) is 9.97. The van der Waals surface area contributed by atoms with E-state index in [0.29, 0.717) is 5.92 Å². The largest absolute Gasteiger partial charge is 0.477 e. The normalized spacial score (nSPS) is 10.6. The van der Waals surface area contributed by atoms with Crippen LogP contribution in [0.1, 0.15) is 35.8 Å². The molecule has 1 aromatic carbocycles. The molecule has 0 spiro atoms.